The molecule has 0 bridgehead atoms. The molecule has 106 valence electrons. The molecule has 1 atom stereocenters. The van der Waals surface area contributed by atoms with Crippen molar-refractivity contribution in [1.29, 1.82) is 0 Å². The Labute approximate surface area is 118 Å². The predicted octanol–water partition coefficient (Wildman–Crippen LogP) is 4.58. The Morgan fingerprint density at radius 2 is 1.74 bits per heavy atom. The summed E-state index contributed by atoms with van der Waals surface area (Å²) in [6.45, 7) is 5.56. The second-order valence-corrected chi connectivity index (χ2v) is 6.26. The van der Waals surface area contributed by atoms with Crippen molar-refractivity contribution in [1.82, 2.24) is 5.32 Å². The quantitative estimate of drug-likeness (QED) is 0.781. The number of aryl methyl sites for hydroxylation is 2. The molecule has 0 saturated heterocycles. The lowest BCUT2D eigenvalue weighted by Gasteiger charge is -2.27. The molecule has 1 fully saturated rings. The fourth-order valence-corrected chi connectivity index (χ4v) is 3.49. The van der Waals surface area contributed by atoms with Gasteiger partial charge in [0.25, 0.3) is 0 Å². The van der Waals surface area contributed by atoms with E-state index in [1.807, 2.05) is 0 Å². The summed E-state index contributed by atoms with van der Waals surface area (Å²) in [5, 5.41) is 3.42. The summed E-state index contributed by atoms with van der Waals surface area (Å²) in [4.78, 5) is 0. The molecule has 0 spiro atoms. The Balaban J connectivity index is 2.19. The molecule has 1 saturated carbocycles. The van der Waals surface area contributed by atoms with E-state index in [0.717, 1.165) is 12.5 Å². The minimum absolute atomic E-state index is 0.697. The van der Waals surface area contributed by atoms with E-state index in [0.29, 0.717) is 5.92 Å². The van der Waals surface area contributed by atoms with Gasteiger partial charge in [-0.1, -0.05) is 43.9 Å². The molecule has 1 aromatic rings. The standard InChI is InChI=1S/C18H29N/c1-14-10-11-17(12-15(14)2)18(13-19-3)16-8-6-4-5-7-9-16/h10-12,16,18-19H,4-9,13H2,1-3H3. The zero-order chi connectivity index (χ0) is 13.7. The predicted molar refractivity (Wildman–Crippen MR) is 83.8 cm³/mol. The summed E-state index contributed by atoms with van der Waals surface area (Å²) in [6.07, 6.45) is 8.56. The van der Waals surface area contributed by atoms with Crippen LogP contribution in [0.3, 0.4) is 0 Å². The molecule has 1 nitrogen and oxygen atoms in total. The third-order valence-electron chi connectivity index (χ3n) is 4.85. The van der Waals surface area contributed by atoms with Gasteiger partial charge < -0.3 is 5.32 Å². The summed E-state index contributed by atoms with van der Waals surface area (Å²) in [7, 11) is 2.09. The summed E-state index contributed by atoms with van der Waals surface area (Å²) >= 11 is 0. The number of likely N-dealkylation sites (N-methyl/N-ethyl adjacent to an activating group) is 1. The van der Waals surface area contributed by atoms with Gasteiger partial charge in [-0.05, 0) is 62.3 Å². The van der Waals surface area contributed by atoms with Gasteiger partial charge in [0.1, 0.15) is 0 Å². The van der Waals surface area contributed by atoms with Crippen molar-refractivity contribution in [2.24, 2.45) is 5.92 Å². The number of benzene rings is 1. The van der Waals surface area contributed by atoms with E-state index in [2.05, 4.69) is 44.4 Å². The molecule has 0 aliphatic heterocycles. The van der Waals surface area contributed by atoms with Gasteiger partial charge >= 0.3 is 0 Å². The number of nitrogens with one attached hydrogen (secondary N) is 1. The molecule has 0 aromatic heterocycles. The Morgan fingerprint density at radius 1 is 1.05 bits per heavy atom. The van der Waals surface area contributed by atoms with Crippen LogP contribution in [0, 0.1) is 19.8 Å². The first kappa shape index (κ1) is 14.6. The van der Waals surface area contributed by atoms with Gasteiger partial charge in [-0.15, -0.1) is 0 Å². The number of hydrogen-bond acceptors (Lipinski definition) is 1. The average Bonchev–Trinajstić information content (AvgIpc) is 2.68. The molecule has 0 heterocycles. The first-order valence-electron chi connectivity index (χ1n) is 7.94. The molecule has 0 amide bonds. The van der Waals surface area contributed by atoms with Gasteiger partial charge in [-0.25, -0.2) is 0 Å². The van der Waals surface area contributed by atoms with Gasteiger partial charge in [0, 0.05) is 6.54 Å². The van der Waals surface area contributed by atoms with Crippen LogP contribution in [-0.2, 0) is 0 Å². The lowest BCUT2D eigenvalue weighted by Crippen LogP contribution is -2.24. The second kappa shape index (κ2) is 7.09. The Kier molecular flexibility index (Phi) is 5.45. The minimum atomic E-state index is 0.697. The molecule has 1 aromatic carbocycles. The summed E-state index contributed by atoms with van der Waals surface area (Å²) in [5.41, 5.74) is 4.39. The molecule has 1 heteroatoms. The molecule has 1 aliphatic carbocycles. The van der Waals surface area contributed by atoms with E-state index in [1.165, 1.54) is 49.7 Å². The second-order valence-electron chi connectivity index (χ2n) is 6.26. The van der Waals surface area contributed by atoms with E-state index in [1.54, 1.807) is 5.56 Å². The van der Waals surface area contributed by atoms with Crippen LogP contribution in [0.1, 0.15) is 61.1 Å². The molecule has 1 unspecified atom stereocenters. The molecular formula is C18H29N. The zero-order valence-electron chi connectivity index (χ0n) is 12.8. The third-order valence-corrected chi connectivity index (χ3v) is 4.85. The van der Waals surface area contributed by atoms with Crippen LogP contribution in [0.2, 0.25) is 0 Å². The van der Waals surface area contributed by atoms with Gasteiger partial charge in [0.2, 0.25) is 0 Å². The fourth-order valence-electron chi connectivity index (χ4n) is 3.49. The van der Waals surface area contributed by atoms with Crippen molar-refractivity contribution >= 4 is 0 Å². The van der Waals surface area contributed by atoms with E-state index < -0.39 is 0 Å². The highest BCUT2D eigenvalue weighted by molar-refractivity contribution is 5.32. The highest BCUT2D eigenvalue weighted by atomic mass is 14.8. The van der Waals surface area contributed by atoms with Gasteiger partial charge in [-0.3, -0.25) is 0 Å². The highest BCUT2D eigenvalue weighted by Gasteiger charge is 2.23. The van der Waals surface area contributed by atoms with Crippen LogP contribution in [0.4, 0.5) is 0 Å². The molecule has 19 heavy (non-hydrogen) atoms. The van der Waals surface area contributed by atoms with Crippen LogP contribution in [0.25, 0.3) is 0 Å². The van der Waals surface area contributed by atoms with Crippen molar-refractivity contribution in [3.8, 4) is 0 Å². The molecule has 1 N–H and O–H groups in total. The maximum Gasteiger partial charge on any atom is 0.00198 e. The van der Waals surface area contributed by atoms with Crippen molar-refractivity contribution in [2.45, 2.75) is 58.3 Å². The molecule has 1 aliphatic rings. The van der Waals surface area contributed by atoms with Crippen LogP contribution in [-0.4, -0.2) is 13.6 Å². The third kappa shape index (κ3) is 3.82. The minimum Gasteiger partial charge on any atom is -0.319 e. The van der Waals surface area contributed by atoms with Crippen LogP contribution >= 0.6 is 0 Å². The lowest BCUT2D eigenvalue weighted by molar-refractivity contribution is 0.367. The number of hydrogen-bond donors (Lipinski definition) is 1. The molecular weight excluding hydrogens is 230 g/mol. The first-order valence-corrected chi connectivity index (χ1v) is 7.94. The number of rotatable bonds is 4. The zero-order valence-corrected chi connectivity index (χ0v) is 12.8. The Morgan fingerprint density at radius 3 is 2.32 bits per heavy atom. The summed E-state index contributed by atoms with van der Waals surface area (Å²) < 4.78 is 0. The summed E-state index contributed by atoms with van der Waals surface area (Å²) in [6, 6.07) is 7.07. The van der Waals surface area contributed by atoms with Crippen molar-refractivity contribution < 1.29 is 0 Å². The largest absolute Gasteiger partial charge is 0.319 e. The average molecular weight is 259 g/mol. The van der Waals surface area contributed by atoms with Crippen LogP contribution in [0.5, 0.6) is 0 Å². The molecule has 2 rings (SSSR count). The first-order chi connectivity index (χ1) is 9.22. The van der Waals surface area contributed by atoms with Gasteiger partial charge in [0.05, 0.1) is 0 Å². The van der Waals surface area contributed by atoms with E-state index in [-0.39, 0.29) is 0 Å². The molecule has 0 radical (unpaired) electrons. The van der Waals surface area contributed by atoms with Crippen molar-refractivity contribution in [3.63, 3.8) is 0 Å². The van der Waals surface area contributed by atoms with E-state index >= 15 is 0 Å². The topological polar surface area (TPSA) is 12.0 Å². The Hall–Kier alpha value is -0.820. The highest BCUT2D eigenvalue weighted by Crippen LogP contribution is 2.35. The van der Waals surface area contributed by atoms with Gasteiger partial charge in [-0.2, -0.15) is 0 Å². The van der Waals surface area contributed by atoms with Crippen LogP contribution in [0.15, 0.2) is 18.2 Å². The van der Waals surface area contributed by atoms with E-state index in [4.69, 9.17) is 0 Å². The smallest absolute Gasteiger partial charge is 0.00198 e. The normalized spacial score (nSPS) is 19.1. The maximum atomic E-state index is 3.42. The lowest BCUT2D eigenvalue weighted by atomic mass is 9.80. The fraction of sp³-hybridized carbons (Fsp3) is 0.667. The van der Waals surface area contributed by atoms with E-state index in [9.17, 15) is 0 Å². The van der Waals surface area contributed by atoms with Crippen molar-refractivity contribution in [3.05, 3.63) is 34.9 Å². The maximum absolute atomic E-state index is 3.42. The van der Waals surface area contributed by atoms with Crippen molar-refractivity contribution in [2.75, 3.05) is 13.6 Å². The Bertz CT molecular complexity index is 389. The SMILES string of the molecule is CNCC(c1ccc(C)c(C)c1)C1CCCCCC1. The van der Waals surface area contributed by atoms with Crippen LogP contribution < -0.4 is 5.32 Å². The summed E-state index contributed by atoms with van der Waals surface area (Å²) in [5.74, 6) is 1.57. The van der Waals surface area contributed by atoms with Gasteiger partial charge in [0.15, 0.2) is 0 Å². The monoisotopic (exact) mass is 259 g/mol.